The summed E-state index contributed by atoms with van der Waals surface area (Å²) < 4.78 is 24.4. The van der Waals surface area contributed by atoms with Crippen molar-refractivity contribution in [2.24, 2.45) is 0 Å². The van der Waals surface area contributed by atoms with Gasteiger partial charge in [-0.05, 0) is 42.8 Å². The molecule has 1 aliphatic heterocycles. The van der Waals surface area contributed by atoms with E-state index < -0.39 is 5.60 Å². The molecule has 0 aliphatic carbocycles. The van der Waals surface area contributed by atoms with Crippen molar-refractivity contribution in [3.63, 3.8) is 0 Å². The molecule has 6 heteroatoms. The zero-order valence-electron chi connectivity index (χ0n) is 14.2. The lowest BCUT2D eigenvalue weighted by Crippen LogP contribution is -2.42. The molecule has 25 heavy (non-hydrogen) atoms. The summed E-state index contributed by atoms with van der Waals surface area (Å²) >= 11 is 0. The Morgan fingerprint density at radius 2 is 2.08 bits per heavy atom. The predicted octanol–water partition coefficient (Wildman–Crippen LogP) is 2.46. The lowest BCUT2D eigenvalue weighted by Gasteiger charge is -2.28. The first kappa shape index (κ1) is 17.4. The van der Waals surface area contributed by atoms with Gasteiger partial charge in [0.2, 0.25) is 5.91 Å². The van der Waals surface area contributed by atoms with E-state index in [0.717, 1.165) is 5.69 Å². The van der Waals surface area contributed by atoms with E-state index in [2.05, 4.69) is 4.98 Å². The molecule has 0 saturated carbocycles. The molecule has 0 N–H and O–H groups in total. The van der Waals surface area contributed by atoms with E-state index in [0.29, 0.717) is 31.9 Å². The van der Waals surface area contributed by atoms with Crippen molar-refractivity contribution in [3.8, 4) is 5.75 Å². The van der Waals surface area contributed by atoms with Gasteiger partial charge in [-0.1, -0.05) is 6.07 Å². The van der Waals surface area contributed by atoms with Gasteiger partial charge in [-0.25, -0.2) is 4.39 Å². The van der Waals surface area contributed by atoms with E-state index in [9.17, 15) is 9.18 Å². The van der Waals surface area contributed by atoms with E-state index in [1.165, 1.54) is 12.1 Å². The van der Waals surface area contributed by atoms with E-state index >= 15 is 0 Å². The number of hydrogen-bond donors (Lipinski definition) is 0. The van der Waals surface area contributed by atoms with E-state index in [1.54, 1.807) is 30.3 Å². The molecule has 3 rings (SSSR count). The Labute approximate surface area is 146 Å². The van der Waals surface area contributed by atoms with Gasteiger partial charge in [0, 0.05) is 25.5 Å². The van der Waals surface area contributed by atoms with Crippen LogP contribution in [0.1, 0.15) is 12.1 Å². The van der Waals surface area contributed by atoms with Gasteiger partial charge < -0.3 is 14.4 Å². The van der Waals surface area contributed by atoms with Crippen LogP contribution >= 0.6 is 0 Å². The number of aromatic nitrogens is 1. The SMILES string of the molecule is CO[C@@]1(COc2ccc(F)cc2)CCN(C(=O)Cc2ccccn2)C1. The average Bonchev–Trinajstić information content (AvgIpc) is 3.07. The Hall–Kier alpha value is -2.47. The third-order valence-corrected chi connectivity index (χ3v) is 4.48. The number of hydrogen-bond acceptors (Lipinski definition) is 4. The van der Waals surface area contributed by atoms with Gasteiger partial charge in [0.25, 0.3) is 0 Å². The molecule has 5 nitrogen and oxygen atoms in total. The molecule has 0 bridgehead atoms. The molecule has 1 atom stereocenters. The van der Waals surface area contributed by atoms with Gasteiger partial charge in [-0.2, -0.15) is 0 Å². The normalized spacial score (nSPS) is 19.8. The Balaban J connectivity index is 1.58. The lowest BCUT2D eigenvalue weighted by atomic mass is 10.0. The lowest BCUT2D eigenvalue weighted by molar-refractivity contribution is -0.131. The first-order chi connectivity index (χ1) is 12.1. The molecule has 1 aromatic carbocycles. The fraction of sp³-hybridized carbons (Fsp3) is 0.368. The summed E-state index contributed by atoms with van der Waals surface area (Å²) in [6, 6.07) is 11.4. The molecule has 1 fully saturated rings. The highest BCUT2D eigenvalue weighted by atomic mass is 19.1. The average molecular weight is 344 g/mol. The summed E-state index contributed by atoms with van der Waals surface area (Å²) in [5, 5.41) is 0. The van der Waals surface area contributed by atoms with E-state index in [-0.39, 0.29) is 18.1 Å². The van der Waals surface area contributed by atoms with Gasteiger partial charge in [-0.3, -0.25) is 9.78 Å². The van der Waals surface area contributed by atoms with Crippen LogP contribution in [-0.4, -0.2) is 48.2 Å². The molecule has 1 aromatic heterocycles. The van der Waals surface area contributed by atoms with Crippen molar-refractivity contribution in [1.29, 1.82) is 0 Å². The quantitative estimate of drug-likeness (QED) is 0.808. The van der Waals surface area contributed by atoms with Crippen molar-refractivity contribution in [1.82, 2.24) is 9.88 Å². The Morgan fingerprint density at radius 3 is 2.76 bits per heavy atom. The monoisotopic (exact) mass is 344 g/mol. The van der Waals surface area contributed by atoms with Crippen LogP contribution in [0.15, 0.2) is 48.7 Å². The fourth-order valence-corrected chi connectivity index (χ4v) is 2.92. The number of halogens is 1. The van der Waals surface area contributed by atoms with Crippen LogP contribution < -0.4 is 4.74 Å². The standard InChI is InChI=1S/C19H21FN2O3/c1-24-19(14-25-17-7-5-15(20)6-8-17)9-11-22(13-19)18(23)12-16-4-2-3-10-21-16/h2-8,10H,9,11-14H2,1H3/t19-/m0/s1. The van der Waals surface area contributed by atoms with Crippen LogP contribution in [0, 0.1) is 5.82 Å². The molecule has 2 aromatic rings. The Kier molecular flexibility index (Phi) is 5.28. The number of amides is 1. The molecule has 1 amide bonds. The maximum Gasteiger partial charge on any atom is 0.228 e. The molecule has 0 spiro atoms. The second-order valence-corrected chi connectivity index (χ2v) is 6.19. The number of ether oxygens (including phenoxy) is 2. The molecule has 1 saturated heterocycles. The van der Waals surface area contributed by atoms with Crippen LogP contribution in [0.2, 0.25) is 0 Å². The summed E-state index contributed by atoms with van der Waals surface area (Å²) in [7, 11) is 1.63. The first-order valence-electron chi connectivity index (χ1n) is 8.21. The number of rotatable bonds is 6. The zero-order chi connectivity index (χ0) is 17.7. The van der Waals surface area contributed by atoms with Crippen LogP contribution in [0.5, 0.6) is 5.75 Å². The number of methoxy groups -OCH3 is 1. The minimum Gasteiger partial charge on any atom is -0.491 e. The zero-order valence-corrected chi connectivity index (χ0v) is 14.2. The van der Waals surface area contributed by atoms with Crippen molar-refractivity contribution >= 4 is 5.91 Å². The third-order valence-electron chi connectivity index (χ3n) is 4.48. The van der Waals surface area contributed by atoms with Gasteiger partial charge in [0.1, 0.15) is 23.8 Å². The minimum absolute atomic E-state index is 0.0272. The van der Waals surface area contributed by atoms with Crippen molar-refractivity contribution in [2.45, 2.75) is 18.4 Å². The van der Waals surface area contributed by atoms with Gasteiger partial charge in [-0.15, -0.1) is 0 Å². The summed E-state index contributed by atoms with van der Waals surface area (Å²) in [6.45, 7) is 1.39. The van der Waals surface area contributed by atoms with Crippen molar-refractivity contribution < 1.29 is 18.7 Å². The Bertz CT molecular complexity index is 708. The number of carbonyl (C=O) groups excluding carboxylic acids is 1. The smallest absolute Gasteiger partial charge is 0.228 e. The molecule has 132 valence electrons. The second-order valence-electron chi connectivity index (χ2n) is 6.19. The van der Waals surface area contributed by atoms with Crippen molar-refractivity contribution in [3.05, 3.63) is 60.2 Å². The molecular weight excluding hydrogens is 323 g/mol. The number of likely N-dealkylation sites (tertiary alicyclic amines) is 1. The number of nitrogens with zero attached hydrogens (tertiary/aromatic N) is 2. The van der Waals surface area contributed by atoms with Crippen LogP contribution in [0.25, 0.3) is 0 Å². The van der Waals surface area contributed by atoms with Gasteiger partial charge in [0.15, 0.2) is 0 Å². The number of benzene rings is 1. The first-order valence-corrected chi connectivity index (χ1v) is 8.21. The minimum atomic E-state index is -0.547. The maximum atomic E-state index is 13.0. The van der Waals surface area contributed by atoms with Crippen LogP contribution in [-0.2, 0) is 16.0 Å². The topological polar surface area (TPSA) is 51.7 Å². The second kappa shape index (κ2) is 7.61. The fourth-order valence-electron chi connectivity index (χ4n) is 2.92. The maximum absolute atomic E-state index is 13.0. The molecule has 1 aliphatic rings. The van der Waals surface area contributed by atoms with Gasteiger partial charge >= 0.3 is 0 Å². The molecule has 0 unspecified atom stereocenters. The highest BCUT2D eigenvalue weighted by Gasteiger charge is 2.41. The van der Waals surface area contributed by atoms with Crippen LogP contribution in [0.3, 0.4) is 0 Å². The number of carbonyl (C=O) groups is 1. The largest absolute Gasteiger partial charge is 0.491 e. The van der Waals surface area contributed by atoms with Gasteiger partial charge in [0.05, 0.1) is 13.0 Å². The summed E-state index contributed by atoms with van der Waals surface area (Å²) in [5.41, 5.74) is 0.207. The summed E-state index contributed by atoms with van der Waals surface area (Å²) in [5.74, 6) is 0.302. The highest BCUT2D eigenvalue weighted by molar-refractivity contribution is 5.78. The third kappa shape index (κ3) is 4.33. The Morgan fingerprint density at radius 1 is 1.28 bits per heavy atom. The van der Waals surface area contributed by atoms with Crippen molar-refractivity contribution in [2.75, 3.05) is 26.8 Å². The summed E-state index contributed by atoms with van der Waals surface area (Å²) in [4.78, 5) is 18.5. The van der Waals surface area contributed by atoms with E-state index in [1.807, 2.05) is 18.2 Å². The van der Waals surface area contributed by atoms with E-state index in [4.69, 9.17) is 9.47 Å². The molecular formula is C19H21FN2O3. The number of pyridine rings is 1. The summed E-state index contributed by atoms with van der Waals surface area (Å²) in [6.07, 6.45) is 2.65. The molecule has 2 heterocycles. The van der Waals surface area contributed by atoms with Crippen LogP contribution in [0.4, 0.5) is 4.39 Å². The molecule has 0 radical (unpaired) electrons. The predicted molar refractivity (Wildman–Crippen MR) is 90.8 cm³/mol. The highest BCUT2D eigenvalue weighted by Crippen LogP contribution is 2.27.